The Hall–Kier alpha value is -1.93. The number of ketones is 1. The maximum absolute atomic E-state index is 12.8. The molecule has 0 radical (unpaired) electrons. The van der Waals surface area contributed by atoms with Gasteiger partial charge in [0.15, 0.2) is 5.78 Å². The highest BCUT2D eigenvalue weighted by Crippen LogP contribution is 2.38. The number of Topliss-reactive ketones (excluding diaryl/α,β-unsaturated/α-hetero) is 1. The number of aliphatic hydroxyl groups excluding tert-OH is 1. The summed E-state index contributed by atoms with van der Waals surface area (Å²) in [7, 11) is 0. The smallest absolute Gasteiger partial charge is 0.192 e. The van der Waals surface area contributed by atoms with Gasteiger partial charge in [0.25, 0.3) is 0 Å². The average Bonchev–Trinajstić information content (AvgIpc) is 2.60. The van der Waals surface area contributed by atoms with Gasteiger partial charge >= 0.3 is 0 Å². The van der Waals surface area contributed by atoms with E-state index in [1.807, 2.05) is 42.5 Å². The van der Waals surface area contributed by atoms with Crippen LogP contribution in [0, 0.1) is 11.3 Å². The molecule has 0 spiro atoms. The predicted octanol–water partition coefficient (Wildman–Crippen LogP) is 5.55. The van der Waals surface area contributed by atoms with Gasteiger partial charge in [-0.3, -0.25) is 4.79 Å². The van der Waals surface area contributed by atoms with Gasteiger partial charge in [0.1, 0.15) is 6.10 Å². The Bertz CT molecular complexity index is 790. The summed E-state index contributed by atoms with van der Waals surface area (Å²) in [6.45, 7) is 6.86. The molecule has 3 rings (SSSR count). The van der Waals surface area contributed by atoms with Gasteiger partial charge in [-0.05, 0) is 41.4 Å². The number of carbonyl (C=O) groups excluding carboxylic acids is 1. The lowest BCUT2D eigenvalue weighted by Crippen LogP contribution is -2.25. The van der Waals surface area contributed by atoms with E-state index in [0.717, 1.165) is 30.0 Å². The van der Waals surface area contributed by atoms with Crippen LogP contribution in [0.15, 0.2) is 54.1 Å². The molecule has 2 heteroatoms. The van der Waals surface area contributed by atoms with E-state index in [1.165, 1.54) is 5.57 Å². The molecule has 1 aliphatic rings. The molecule has 0 bridgehead atoms. The third-order valence-electron chi connectivity index (χ3n) is 5.54. The molecule has 0 amide bonds. The molecular weight excluding hydrogens is 308 g/mol. The SMILES string of the molecule is CC(C)(C)[C@@H]1CC=C(C[C@H](O)C(=O)c2cccc3ccccc23)CC1. The number of rotatable bonds is 4. The van der Waals surface area contributed by atoms with E-state index in [2.05, 4.69) is 26.8 Å². The van der Waals surface area contributed by atoms with Crippen molar-refractivity contribution < 1.29 is 9.90 Å². The molecule has 2 nitrogen and oxygen atoms in total. The zero-order valence-electron chi connectivity index (χ0n) is 15.5. The molecule has 1 aliphatic carbocycles. The standard InChI is InChI=1S/C23H28O2/c1-23(2,3)18-13-11-16(12-14-18)15-21(24)22(25)20-10-6-8-17-7-4-5-9-19(17)20/h4-11,18,21,24H,12-15H2,1-3H3/t18-,21+/m1/s1. The summed E-state index contributed by atoms with van der Waals surface area (Å²) >= 11 is 0. The van der Waals surface area contributed by atoms with E-state index >= 15 is 0 Å². The van der Waals surface area contributed by atoms with Crippen LogP contribution in [-0.2, 0) is 0 Å². The quantitative estimate of drug-likeness (QED) is 0.587. The number of hydrogen-bond acceptors (Lipinski definition) is 2. The van der Waals surface area contributed by atoms with Crippen molar-refractivity contribution in [1.29, 1.82) is 0 Å². The van der Waals surface area contributed by atoms with Gasteiger partial charge in [-0.15, -0.1) is 0 Å². The second-order valence-corrected chi connectivity index (χ2v) is 8.31. The molecule has 2 aromatic rings. The van der Waals surface area contributed by atoms with Crippen LogP contribution in [-0.4, -0.2) is 17.0 Å². The zero-order valence-corrected chi connectivity index (χ0v) is 15.5. The normalized spacial score (nSPS) is 19.5. The zero-order chi connectivity index (χ0) is 18.0. The third kappa shape index (κ3) is 4.01. The highest BCUT2D eigenvalue weighted by molar-refractivity contribution is 6.10. The van der Waals surface area contributed by atoms with Crippen LogP contribution in [0.1, 0.15) is 56.8 Å². The maximum atomic E-state index is 12.8. The highest BCUT2D eigenvalue weighted by Gasteiger charge is 2.28. The summed E-state index contributed by atoms with van der Waals surface area (Å²) in [5.41, 5.74) is 2.16. The van der Waals surface area contributed by atoms with E-state index in [0.29, 0.717) is 23.3 Å². The number of hydrogen-bond donors (Lipinski definition) is 1. The second-order valence-electron chi connectivity index (χ2n) is 8.31. The van der Waals surface area contributed by atoms with Gasteiger partial charge in [0.05, 0.1) is 0 Å². The molecule has 0 heterocycles. The highest BCUT2D eigenvalue weighted by atomic mass is 16.3. The van der Waals surface area contributed by atoms with E-state index < -0.39 is 6.10 Å². The van der Waals surface area contributed by atoms with E-state index in [-0.39, 0.29) is 5.78 Å². The first kappa shape index (κ1) is 17.9. The fourth-order valence-electron chi connectivity index (χ4n) is 3.82. The lowest BCUT2D eigenvalue weighted by molar-refractivity contribution is 0.0745. The van der Waals surface area contributed by atoms with Crippen molar-refractivity contribution in [3.8, 4) is 0 Å². The number of fused-ring (bicyclic) bond motifs is 1. The summed E-state index contributed by atoms with van der Waals surface area (Å²) in [4.78, 5) is 12.8. The minimum absolute atomic E-state index is 0.171. The summed E-state index contributed by atoms with van der Waals surface area (Å²) < 4.78 is 0. The Morgan fingerprint density at radius 2 is 1.88 bits per heavy atom. The molecule has 0 aliphatic heterocycles. The van der Waals surface area contributed by atoms with Crippen LogP contribution in [0.5, 0.6) is 0 Å². The molecule has 0 saturated carbocycles. The summed E-state index contributed by atoms with van der Waals surface area (Å²) in [6.07, 6.45) is 4.93. The van der Waals surface area contributed by atoms with Gasteiger partial charge in [-0.2, -0.15) is 0 Å². The third-order valence-corrected chi connectivity index (χ3v) is 5.54. The van der Waals surface area contributed by atoms with Gasteiger partial charge < -0.3 is 5.11 Å². The van der Waals surface area contributed by atoms with Crippen molar-refractivity contribution in [2.45, 2.75) is 52.6 Å². The Labute approximate surface area is 150 Å². The maximum Gasteiger partial charge on any atom is 0.192 e. The lowest BCUT2D eigenvalue weighted by Gasteiger charge is -2.33. The van der Waals surface area contributed by atoms with Crippen LogP contribution in [0.3, 0.4) is 0 Å². The van der Waals surface area contributed by atoms with Crippen LogP contribution < -0.4 is 0 Å². The van der Waals surface area contributed by atoms with Gasteiger partial charge in [-0.25, -0.2) is 0 Å². The van der Waals surface area contributed by atoms with E-state index in [9.17, 15) is 9.90 Å². The summed E-state index contributed by atoms with van der Waals surface area (Å²) in [5, 5.41) is 12.5. The van der Waals surface area contributed by atoms with Crippen molar-refractivity contribution in [2.24, 2.45) is 11.3 Å². The van der Waals surface area contributed by atoms with Crippen molar-refractivity contribution >= 4 is 16.6 Å². The first-order valence-electron chi connectivity index (χ1n) is 9.24. The Morgan fingerprint density at radius 3 is 2.56 bits per heavy atom. The molecule has 0 saturated heterocycles. The molecule has 25 heavy (non-hydrogen) atoms. The number of benzene rings is 2. The van der Waals surface area contributed by atoms with Crippen LogP contribution >= 0.6 is 0 Å². The largest absolute Gasteiger partial charge is 0.385 e. The first-order chi connectivity index (χ1) is 11.9. The van der Waals surface area contributed by atoms with Crippen molar-refractivity contribution in [3.63, 3.8) is 0 Å². The molecular formula is C23H28O2. The monoisotopic (exact) mass is 336 g/mol. The van der Waals surface area contributed by atoms with Gasteiger partial charge in [-0.1, -0.05) is 74.9 Å². The molecule has 2 aromatic carbocycles. The minimum atomic E-state index is -0.955. The topological polar surface area (TPSA) is 37.3 Å². The van der Waals surface area contributed by atoms with E-state index in [1.54, 1.807) is 0 Å². The van der Waals surface area contributed by atoms with Gasteiger partial charge in [0, 0.05) is 12.0 Å². The molecule has 1 N–H and O–H groups in total. The summed E-state index contributed by atoms with van der Waals surface area (Å²) in [6, 6.07) is 13.5. The van der Waals surface area contributed by atoms with Crippen LogP contribution in [0.25, 0.3) is 10.8 Å². The molecule has 2 atom stereocenters. The number of allylic oxidation sites excluding steroid dienone is 1. The Kier molecular flexibility index (Phi) is 5.10. The predicted molar refractivity (Wildman–Crippen MR) is 104 cm³/mol. The summed E-state index contributed by atoms with van der Waals surface area (Å²) in [5.74, 6) is 0.512. The van der Waals surface area contributed by atoms with Crippen molar-refractivity contribution in [3.05, 3.63) is 59.7 Å². The first-order valence-corrected chi connectivity index (χ1v) is 9.24. The minimum Gasteiger partial charge on any atom is -0.385 e. The lowest BCUT2D eigenvalue weighted by atomic mass is 9.72. The van der Waals surface area contributed by atoms with Crippen molar-refractivity contribution in [1.82, 2.24) is 0 Å². The van der Waals surface area contributed by atoms with Crippen LogP contribution in [0.2, 0.25) is 0 Å². The Morgan fingerprint density at radius 1 is 1.16 bits per heavy atom. The Balaban J connectivity index is 1.72. The fourth-order valence-corrected chi connectivity index (χ4v) is 3.82. The average molecular weight is 336 g/mol. The number of aliphatic hydroxyl groups is 1. The fraction of sp³-hybridized carbons (Fsp3) is 0.435. The molecule has 132 valence electrons. The van der Waals surface area contributed by atoms with Crippen LogP contribution in [0.4, 0.5) is 0 Å². The molecule has 0 aromatic heterocycles. The molecule has 0 unspecified atom stereocenters. The van der Waals surface area contributed by atoms with Gasteiger partial charge in [0.2, 0.25) is 0 Å². The number of carbonyl (C=O) groups is 1. The second kappa shape index (κ2) is 7.13. The van der Waals surface area contributed by atoms with E-state index in [4.69, 9.17) is 0 Å². The molecule has 0 fully saturated rings. The van der Waals surface area contributed by atoms with Crippen molar-refractivity contribution in [2.75, 3.05) is 0 Å².